The van der Waals surface area contributed by atoms with E-state index in [0.29, 0.717) is 5.75 Å². The summed E-state index contributed by atoms with van der Waals surface area (Å²) in [5.74, 6) is -0.515. The van der Waals surface area contributed by atoms with Crippen molar-refractivity contribution in [2.75, 3.05) is 23.3 Å². The summed E-state index contributed by atoms with van der Waals surface area (Å²) in [5, 5.41) is 5.56. The Morgan fingerprint density at radius 1 is 0.914 bits per heavy atom. The fourth-order valence-electron chi connectivity index (χ4n) is 3.32. The van der Waals surface area contributed by atoms with Gasteiger partial charge >= 0.3 is 0 Å². The van der Waals surface area contributed by atoms with Gasteiger partial charge in [0.15, 0.2) is 0 Å². The molecule has 2 amide bonds. The molecule has 184 valence electrons. The quantitative estimate of drug-likeness (QED) is 0.490. The van der Waals surface area contributed by atoms with Crippen LogP contribution in [0.25, 0.3) is 0 Å². The molecule has 0 aromatic heterocycles. The smallest absolute Gasteiger partial charge is 0.264 e. The predicted octanol–water partition coefficient (Wildman–Crippen LogP) is 4.06. The Morgan fingerprint density at radius 2 is 1.57 bits per heavy atom. The molecule has 0 spiro atoms. The number of amides is 2. The number of carbonyl (C=O) groups is 2. The van der Waals surface area contributed by atoms with E-state index in [1.807, 2.05) is 20.8 Å². The van der Waals surface area contributed by atoms with Gasteiger partial charge in [-0.25, -0.2) is 8.42 Å². The Morgan fingerprint density at radius 3 is 2.23 bits per heavy atom. The Bertz CT molecular complexity index is 1300. The molecule has 0 aliphatic carbocycles. The zero-order chi connectivity index (χ0) is 25.6. The molecule has 0 saturated heterocycles. The first kappa shape index (κ1) is 25.8. The van der Waals surface area contributed by atoms with Crippen LogP contribution in [0, 0.1) is 0 Å². The summed E-state index contributed by atoms with van der Waals surface area (Å²) in [6.07, 6.45) is 0. The van der Waals surface area contributed by atoms with E-state index in [4.69, 9.17) is 4.74 Å². The number of benzene rings is 3. The molecule has 0 bridgehead atoms. The third kappa shape index (κ3) is 6.60. The van der Waals surface area contributed by atoms with Crippen molar-refractivity contribution in [2.45, 2.75) is 31.2 Å². The van der Waals surface area contributed by atoms with Crippen molar-refractivity contribution in [3.63, 3.8) is 0 Å². The molecule has 0 atom stereocenters. The molecule has 3 rings (SSSR count). The second kappa shape index (κ2) is 10.6. The molecule has 9 heteroatoms. The molecule has 2 N–H and O–H groups in total. The molecule has 0 fully saturated rings. The van der Waals surface area contributed by atoms with Crippen molar-refractivity contribution in [1.82, 2.24) is 5.32 Å². The van der Waals surface area contributed by atoms with Crippen LogP contribution in [0.2, 0.25) is 0 Å². The van der Waals surface area contributed by atoms with Crippen LogP contribution in [0.1, 0.15) is 31.1 Å². The Hall–Kier alpha value is -3.85. The second-order valence-electron chi connectivity index (χ2n) is 8.82. The fourth-order valence-corrected chi connectivity index (χ4v) is 4.75. The van der Waals surface area contributed by atoms with Gasteiger partial charge in [-0.2, -0.15) is 0 Å². The van der Waals surface area contributed by atoms with Crippen molar-refractivity contribution in [3.05, 3.63) is 84.4 Å². The van der Waals surface area contributed by atoms with Crippen molar-refractivity contribution in [2.24, 2.45) is 0 Å². The SMILES string of the molecule is COc1cccc(N(CC(=O)Nc2ccccc2C(=O)NC(C)(C)C)S(=O)(=O)c2ccccc2)c1. The molecular formula is C26H29N3O5S. The Kier molecular flexibility index (Phi) is 7.81. The third-order valence-corrected chi connectivity index (χ3v) is 6.68. The van der Waals surface area contributed by atoms with Crippen LogP contribution < -0.4 is 19.7 Å². The summed E-state index contributed by atoms with van der Waals surface area (Å²) < 4.78 is 33.2. The molecule has 0 aliphatic rings. The normalized spacial score (nSPS) is 11.4. The number of carbonyl (C=O) groups excluding carboxylic acids is 2. The number of hydrogen-bond acceptors (Lipinski definition) is 5. The van der Waals surface area contributed by atoms with Gasteiger partial charge in [-0.1, -0.05) is 36.4 Å². The summed E-state index contributed by atoms with van der Waals surface area (Å²) in [6, 6.07) is 20.9. The maximum Gasteiger partial charge on any atom is 0.264 e. The lowest BCUT2D eigenvalue weighted by molar-refractivity contribution is -0.114. The third-order valence-electron chi connectivity index (χ3n) is 4.89. The average molecular weight is 496 g/mol. The molecule has 0 heterocycles. The van der Waals surface area contributed by atoms with Crippen molar-refractivity contribution < 1.29 is 22.7 Å². The van der Waals surface area contributed by atoms with E-state index in [0.717, 1.165) is 4.31 Å². The second-order valence-corrected chi connectivity index (χ2v) is 10.7. The van der Waals surface area contributed by atoms with Crippen molar-refractivity contribution >= 4 is 33.2 Å². The highest BCUT2D eigenvalue weighted by atomic mass is 32.2. The van der Waals surface area contributed by atoms with E-state index in [1.165, 1.54) is 19.2 Å². The van der Waals surface area contributed by atoms with Gasteiger partial charge < -0.3 is 15.4 Å². The van der Waals surface area contributed by atoms with Crippen LogP contribution in [0.15, 0.2) is 83.8 Å². The zero-order valence-electron chi connectivity index (χ0n) is 20.1. The maximum absolute atomic E-state index is 13.5. The summed E-state index contributed by atoms with van der Waals surface area (Å²) in [7, 11) is -2.61. The van der Waals surface area contributed by atoms with E-state index in [9.17, 15) is 18.0 Å². The molecule has 0 saturated carbocycles. The number of methoxy groups -OCH3 is 1. The number of para-hydroxylation sites is 1. The fraction of sp³-hybridized carbons (Fsp3) is 0.231. The number of ether oxygens (including phenoxy) is 1. The van der Waals surface area contributed by atoms with E-state index < -0.39 is 28.0 Å². The van der Waals surface area contributed by atoms with Gasteiger partial charge in [0.25, 0.3) is 15.9 Å². The Balaban J connectivity index is 1.93. The van der Waals surface area contributed by atoms with Gasteiger partial charge in [0, 0.05) is 11.6 Å². The van der Waals surface area contributed by atoms with Crippen molar-refractivity contribution in [3.8, 4) is 5.75 Å². The van der Waals surface area contributed by atoms with E-state index in [1.54, 1.807) is 66.7 Å². The first-order valence-electron chi connectivity index (χ1n) is 10.9. The molecular weight excluding hydrogens is 466 g/mol. The zero-order valence-corrected chi connectivity index (χ0v) is 20.9. The number of nitrogens with zero attached hydrogens (tertiary/aromatic N) is 1. The van der Waals surface area contributed by atoms with Gasteiger partial charge in [-0.3, -0.25) is 13.9 Å². The minimum absolute atomic E-state index is 0.0422. The highest BCUT2D eigenvalue weighted by Gasteiger charge is 2.28. The molecule has 0 aliphatic heterocycles. The maximum atomic E-state index is 13.5. The lowest BCUT2D eigenvalue weighted by Crippen LogP contribution is -2.41. The summed E-state index contributed by atoms with van der Waals surface area (Å²) in [4.78, 5) is 25.9. The number of rotatable bonds is 8. The van der Waals surface area contributed by atoms with Gasteiger partial charge in [0.05, 0.1) is 28.9 Å². The topological polar surface area (TPSA) is 105 Å². The number of nitrogens with one attached hydrogen (secondary N) is 2. The van der Waals surface area contributed by atoms with Gasteiger partial charge in [-0.05, 0) is 57.2 Å². The Labute approximate surface area is 206 Å². The molecule has 0 unspecified atom stereocenters. The highest BCUT2D eigenvalue weighted by molar-refractivity contribution is 7.92. The van der Waals surface area contributed by atoms with Crippen LogP contribution in [-0.2, 0) is 14.8 Å². The largest absolute Gasteiger partial charge is 0.497 e. The number of sulfonamides is 1. The van der Waals surface area contributed by atoms with Crippen LogP contribution in [0.3, 0.4) is 0 Å². The van der Waals surface area contributed by atoms with Gasteiger partial charge in [-0.15, -0.1) is 0 Å². The van der Waals surface area contributed by atoms with E-state index in [-0.39, 0.29) is 27.7 Å². The van der Waals surface area contributed by atoms with E-state index >= 15 is 0 Å². The van der Waals surface area contributed by atoms with Gasteiger partial charge in [0.2, 0.25) is 5.91 Å². The molecule has 3 aromatic rings. The van der Waals surface area contributed by atoms with Gasteiger partial charge in [0.1, 0.15) is 12.3 Å². The molecule has 35 heavy (non-hydrogen) atoms. The van der Waals surface area contributed by atoms with Crippen LogP contribution >= 0.6 is 0 Å². The van der Waals surface area contributed by atoms with E-state index in [2.05, 4.69) is 10.6 Å². The summed E-state index contributed by atoms with van der Waals surface area (Å²) in [6.45, 7) is 5.05. The molecule has 3 aromatic carbocycles. The first-order valence-corrected chi connectivity index (χ1v) is 12.4. The standard InChI is InChI=1S/C26H29N3O5S/c1-26(2,3)28-25(31)22-15-8-9-16-23(22)27-24(30)18-29(19-11-10-12-20(17-19)34-4)35(32,33)21-13-6-5-7-14-21/h5-17H,18H2,1-4H3,(H,27,30)(H,28,31). The highest BCUT2D eigenvalue weighted by Crippen LogP contribution is 2.27. The van der Waals surface area contributed by atoms with Crippen molar-refractivity contribution in [1.29, 1.82) is 0 Å². The minimum atomic E-state index is -4.08. The minimum Gasteiger partial charge on any atom is -0.497 e. The van der Waals surface area contributed by atoms with Crippen LogP contribution in [0.4, 0.5) is 11.4 Å². The number of anilines is 2. The van der Waals surface area contributed by atoms with Crippen LogP contribution in [0.5, 0.6) is 5.75 Å². The predicted molar refractivity (Wildman–Crippen MR) is 136 cm³/mol. The lowest BCUT2D eigenvalue weighted by Gasteiger charge is -2.25. The summed E-state index contributed by atoms with van der Waals surface area (Å²) >= 11 is 0. The summed E-state index contributed by atoms with van der Waals surface area (Å²) in [5.41, 5.74) is 0.347. The first-order chi connectivity index (χ1) is 16.5. The molecule has 0 radical (unpaired) electrons. The van der Waals surface area contributed by atoms with Crippen LogP contribution in [-0.4, -0.2) is 39.4 Å². The monoisotopic (exact) mass is 495 g/mol. The average Bonchev–Trinajstić information content (AvgIpc) is 2.82. The lowest BCUT2D eigenvalue weighted by atomic mass is 10.1. The number of hydrogen-bond donors (Lipinski definition) is 2. The molecule has 8 nitrogen and oxygen atoms in total.